The van der Waals surface area contributed by atoms with Crippen molar-refractivity contribution in [2.45, 2.75) is 6.54 Å². The van der Waals surface area contributed by atoms with Crippen LogP contribution >= 0.6 is 0 Å². The number of aromatic nitrogens is 3. The molecule has 2 aromatic heterocycles. The fourth-order valence-corrected chi connectivity index (χ4v) is 1.93. The van der Waals surface area contributed by atoms with Gasteiger partial charge in [-0.15, -0.1) is 0 Å². The SMILES string of the molecule is O=C(O)c1ccn(Cc2ccc3ccccc3n2)n1. The molecule has 0 bridgehead atoms. The van der Waals surface area contributed by atoms with E-state index in [9.17, 15) is 4.79 Å². The number of para-hydroxylation sites is 1. The number of fused-ring (bicyclic) bond motifs is 1. The Bertz CT molecular complexity index is 749. The highest BCUT2D eigenvalue weighted by molar-refractivity contribution is 5.85. The smallest absolute Gasteiger partial charge is 0.356 e. The molecule has 0 saturated carbocycles. The van der Waals surface area contributed by atoms with E-state index in [-0.39, 0.29) is 5.69 Å². The Labute approximate surface area is 109 Å². The molecular formula is C14H11N3O2. The maximum absolute atomic E-state index is 10.8. The van der Waals surface area contributed by atoms with Gasteiger partial charge in [0.15, 0.2) is 5.69 Å². The number of carboxylic acids is 1. The summed E-state index contributed by atoms with van der Waals surface area (Å²) in [6.45, 7) is 0.456. The van der Waals surface area contributed by atoms with Gasteiger partial charge in [-0.3, -0.25) is 9.67 Å². The first-order chi connectivity index (χ1) is 9.22. The molecule has 0 saturated heterocycles. The summed E-state index contributed by atoms with van der Waals surface area (Å²) in [5, 5.41) is 13.9. The van der Waals surface area contributed by atoms with E-state index in [1.807, 2.05) is 36.4 Å². The van der Waals surface area contributed by atoms with Gasteiger partial charge in [0, 0.05) is 11.6 Å². The lowest BCUT2D eigenvalue weighted by Crippen LogP contribution is -2.05. The van der Waals surface area contributed by atoms with Crippen molar-refractivity contribution >= 4 is 16.9 Å². The molecule has 0 spiro atoms. The number of aromatic carboxylic acids is 1. The van der Waals surface area contributed by atoms with Crippen LogP contribution < -0.4 is 0 Å². The van der Waals surface area contributed by atoms with Crippen molar-refractivity contribution in [1.82, 2.24) is 14.8 Å². The second kappa shape index (κ2) is 4.53. The fraction of sp³-hybridized carbons (Fsp3) is 0.0714. The van der Waals surface area contributed by atoms with Crippen molar-refractivity contribution in [3.05, 3.63) is 60.0 Å². The normalized spacial score (nSPS) is 10.7. The minimum absolute atomic E-state index is 0.0424. The molecule has 5 nitrogen and oxygen atoms in total. The van der Waals surface area contributed by atoms with E-state index < -0.39 is 5.97 Å². The first-order valence-corrected chi connectivity index (χ1v) is 5.84. The van der Waals surface area contributed by atoms with E-state index in [2.05, 4.69) is 10.1 Å². The van der Waals surface area contributed by atoms with Crippen LogP contribution in [0.25, 0.3) is 10.9 Å². The first-order valence-electron chi connectivity index (χ1n) is 5.84. The van der Waals surface area contributed by atoms with Crippen molar-refractivity contribution < 1.29 is 9.90 Å². The maximum atomic E-state index is 10.8. The molecule has 0 atom stereocenters. The summed E-state index contributed by atoms with van der Waals surface area (Å²) < 4.78 is 1.57. The van der Waals surface area contributed by atoms with E-state index in [4.69, 9.17) is 5.11 Å². The standard InChI is InChI=1S/C14H11N3O2/c18-14(19)13-7-8-17(16-13)9-11-6-5-10-3-1-2-4-12(10)15-11/h1-8H,9H2,(H,18,19). The average Bonchev–Trinajstić information content (AvgIpc) is 2.87. The monoisotopic (exact) mass is 253 g/mol. The van der Waals surface area contributed by atoms with Crippen LogP contribution in [-0.2, 0) is 6.54 Å². The van der Waals surface area contributed by atoms with E-state index in [0.717, 1.165) is 16.6 Å². The summed E-state index contributed by atoms with van der Waals surface area (Å²) >= 11 is 0. The number of hydrogen-bond donors (Lipinski definition) is 1. The largest absolute Gasteiger partial charge is 0.476 e. The summed E-state index contributed by atoms with van der Waals surface area (Å²) in [6, 6.07) is 13.3. The van der Waals surface area contributed by atoms with Gasteiger partial charge in [0.1, 0.15) is 0 Å². The highest BCUT2D eigenvalue weighted by Crippen LogP contribution is 2.12. The molecule has 0 aliphatic heterocycles. The molecule has 19 heavy (non-hydrogen) atoms. The van der Waals surface area contributed by atoms with Gasteiger partial charge in [0.2, 0.25) is 0 Å². The van der Waals surface area contributed by atoms with Crippen LogP contribution in [0.1, 0.15) is 16.2 Å². The maximum Gasteiger partial charge on any atom is 0.356 e. The lowest BCUT2D eigenvalue weighted by Gasteiger charge is -2.03. The molecule has 0 aliphatic rings. The number of pyridine rings is 1. The van der Waals surface area contributed by atoms with Gasteiger partial charge in [-0.25, -0.2) is 4.79 Å². The molecule has 3 aromatic rings. The van der Waals surface area contributed by atoms with Crippen LogP contribution in [0.2, 0.25) is 0 Å². The zero-order chi connectivity index (χ0) is 13.2. The van der Waals surface area contributed by atoms with Gasteiger partial charge in [0.05, 0.1) is 17.8 Å². The highest BCUT2D eigenvalue weighted by Gasteiger charge is 2.07. The summed E-state index contributed by atoms with van der Waals surface area (Å²) in [7, 11) is 0. The summed E-state index contributed by atoms with van der Waals surface area (Å²) in [5.74, 6) is -1.02. The Morgan fingerprint density at radius 1 is 1.16 bits per heavy atom. The van der Waals surface area contributed by atoms with Crippen LogP contribution in [0.15, 0.2) is 48.7 Å². The second-order valence-corrected chi connectivity index (χ2v) is 4.20. The summed E-state index contributed by atoms with van der Waals surface area (Å²) in [6.07, 6.45) is 1.64. The molecule has 94 valence electrons. The Kier molecular flexibility index (Phi) is 2.72. The Balaban J connectivity index is 1.89. The lowest BCUT2D eigenvalue weighted by atomic mass is 10.2. The Morgan fingerprint density at radius 3 is 2.79 bits per heavy atom. The van der Waals surface area contributed by atoms with Gasteiger partial charge in [0.25, 0.3) is 0 Å². The highest BCUT2D eigenvalue weighted by atomic mass is 16.4. The molecule has 0 unspecified atom stereocenters. The second-order valence-electron chi connectivity index (χ2n) is 4.20. The molecule has 5 heteroatoms. The Hall–Kier alpha value is -2.69. The Morgan fingerprint density at radius 2 is 2.00 bits per heavy atom. The summed E-state index contributed by atoms with van der Waals surface area (Å²) in [5.41, 5.74) is 1.81. The minimum atomic E-state index is -1.02. The predicted molar refractivity (Wildman–Crippen MR) is 70.0 cm³/mol. The molecule has 2 heterocycles. The molecule has 0 amide bonds. The zero-order valence-electron chi connectivity index (χ0n) is 10.0. The van der Waals surface area contributed by atoms with Gasteiger partial charge >= 0.3 is 5.97 Å². The third-order valence-electron chi connectivity index (χ3n) is 2.84. The third-order valence-corrected chi connectivity index (χ3v) is 2.84. The van der Waals surface area contributed by atoms with Gasteiger partial charge < -0.3 is 5.11 Å². The van der Waals surface area contributed by atoms with Gasteiger partial charge in [-0.2, -0.15) is 5.10 Å². The van der Waals surface area contributed by atoms with Crippen LogP contribution in [-0.4, -0.2) is 25.8 Å². The molecule has 0 radical (unpaired) electrons. The number of carbonyl (C=O) groups is 1. The van der Waals surface area contributed by atoms with E-state index >= 15 is 0 Å². The number of nitrogens with zero attached hydrogens (tertiary/aromatic N) is 3. The number of hydrogen-bond acceptors (Lipinski definition) is 3. The third kappa shape index (κ3) is 2.30. The zero-order valence-corrected chi connectivity index (χ0v) is 10.0. The van der Waals surface area contributed by atoms with E-state index in [1.54, 1.807) is 10.9 Å². The molecular weight excluding hydrogens is 242 g/mol. The first kappa shape index (κ1) is 11.4. The minimum Gasteiger partial charge on any atom is -0.476 e. The van der Waals surface area contributed by atoms with Gasteiger partial charge in [-0.05, 0) is 18.2 Å². The van der Waals surface area contributed by atoms with Crippen LogP contribution in [0.4, 0.5) is 0 Å². The van der Waals surface area contributed by atoms with Crippen molar-refractivity contribution in [3.63, 3.8) is 0 Å². The number of rotatable bonds is 3. The van der Waals surface area contributed by atoms with Crippen molar-refractivity contribution in [1.29, 1.82) is 0 Å². The molecule has 3 rings (SSSR count). The number of benzene rings is 1. The molecule has 0 aliphatic carbocycles. The molecule has 0 fully saturated rings. The lowest BCUT2D eigenvalue weighted by molar-refractivity contribution is 0.0689. The van der Waals surface area contributed by atoms with Crippen LogP contribution in [0.5, 0.6) is 0 Å². The van der Waals surface area contributed by atoms with Crippen molar-refractivity contribution in [2.24, 2.45) is 0 Å². The quantitative estimate of drug-likeness (QED) is 0.776. The van der Waals surface area contributed by atoms with Gasteiger partial charge in [-0.1, -0.05) is 24.3 Å². The number of carboxylic acid groups (broad SMARTS) is 1. The van der Waals surface area contributed by atoms with Crippen LogP contribution in [0, 0.1) is 0 Å². The van der Waals surface area contributed by atoms with Crippen LogP contribution in [0.3, 0.4) is 0 Å². The van der Waals surface area contributed by atoms with Crippen molar-refractivity contribution in [3.8, 4) is 0 Å². The fourth-order valence-electron chi connectivity index (χ4n) is 1.93. The molecule has 1 aromatic carbocycles. The summed E-state index contributed by atoms with van der Waals surface area (Å²) in [4.78, 5) is 15.3. The molecule has 1 N–H and O–H groups in total. The topological polar surface area (TPSA) is 68.0 Å². The predicted octanol–water partition coefficient (Wildman–Crippen LogP) is 2.18. The average molecular weight is 253 g/mol. The van der Waals surface area contributed by atoms with Crippen molar-refractivity contribution in [2.75, 3.05) is 0 Å². The van der Waals surface area contributed by atoms with E-state index in [0.29, 0.717) is 6.54 Å². The van der Waals surface area contributed by atoms with E-state index in [1.165, 1.54) is 6.07 Å².